The number of fused-ring (bicyclic) bond motifs is 4. The minimum Gasteiger partial charge on any atom is -0.446 e. The van der Waals surface area contributed by atoms with Crippen LogP contribution < -0.4 is 10.6 Å². The molecule has 1 amide bonds. The second-order valence-electron chi connectivity index (χ2n) is 8.19. The second kappa shape index (κ2) is 8.71. The van der Waals surface area contributed by atoms with Crippen LogP contribution >= 0.6 is 11.3 Å². The van der Waals surface area contributed by atoms with Crippen LogP contribution in [0.15, 0.2) is 55.2 Å². The van der Waals surface area contributed by atoms with E-state index in [1.165, 1.54) is 10.4 Å². The van der Waals surface area contributed by atoms with Crippen LogP contribution in [0.1, 0.15) is 22.4 Å². The van der Waals surface area contributed by atoms with E-state index in [4.69, 9.17) is 4.74 Å². The van der Waals surface area contributed by atoms with Gasteiger partial charge in [0.05, 0.1) is 17.1 Å². The number of nitrogens with zero attached hydrogens (tertiary/aromatic N) is 4. The van der Waals surface area contributed by atoms with E-state index >= 15 is 0 Å². The van der Waals surface area contributed by atoms with Crippen LogP contribution in [0.3, 0.4) is 0 Å². The van der Waals surface area contributed by atoms with E-state index in [2.05, 4.69) is 35.8 Å². The van der Waals surface area contributed by atoms with Crippen molar-refractivity contribution in [2.24, 2.45) is 0 Å². The molecule has 4 aromatic heterocycles. The van der Waals surface area contributed by atoms with Crippen LogP contribution in [0.25, 0.3) is 21.1 Å². The first-order valence-corrected chi connectivity index (χ1v) is 11.8. The molecule has 34 heavy (non-hydrogen) atoms. The number of thiophene rings is 1. The Morgan fingerprint density at radius 2 is 2.21 bits per heavy atom. The van der Waals surface area contributed by atoms with Gasteiger partial charge < -0.3 is 15.4 Å². The molecular formula is C24H21N7O2S. The number of hydrogen-bond donors (Lipinski definition) is 3. The molecule has 1 aliphatic carbocycles. The maximum absolute atomic E-state index is 12.3. The van der Waals surface area contributed by atoms with Crippen molar-refractivity contribution in [2.75, 3.05) is 5.32 Å². The molecule has 0 aliphatic heterocycles. The molecule has 1 aromatic carbocycles. The van der Waals surface area contributed by atoms with E-state index in [1.807, 2.05) is 30.3 Å². The number of carbonyl (C=O) groups is 1. The highest BCUT2D eigenvalue weighted by Crippen LogP contribution is 2.39. The zero-order valence-electron chi connectivity index (χ0n) is 18.1. The van der Waals surface area contributed by atoms with Gasteiger partial charge in [-0.25, -0.2) is 14.8 Å². The fourth-order valence-electron chi connectivity index (χ4n) is 4.30. The molecule has 0 bridgehead atoms. The zero-order chi connectivity index (χ0) is 22.9. The Morgan fingerprint density at radius 1 is 1.24 bits per heavy atom. The Bertz CT molecular complexity index is 1480. The van der Waals surface area contributed by atoms with Gasteiger partial charge in [0.1, 0.15) is 23.1 Å². The summed E-state index contributed by atoms with van der Waals surface area (Å²) < 4.78 is 5.70. The van der Waals surface area contributed by atoms with Crippen molar-refractivity contribution in [1.29, 1.82) is 0 Å². The highest BCUT2D eigenvalue weighted by Gasteiger charge is 2.27. The van der Waals surface area contributed by atoms with Crippen molar-refractivity contribution in [3.8, 4) is 0 Å². The van der Waals surface area contributed by atoms with E-state index in [-0.39, 0.29) is 6.10 Å². The van der Waals surface area contributed by atoms with Gasteiger partial charge in [-0.15, -0.1) is 11.3 Å². The quantitative estimate of drug-likeness (QED) is 0.346. The van der Waals surface area contributed by atoms with E-state index < -0.39 is 6.09 Å². The molecule has 0 saturated heterocycles. The van der Waals surface area contributed by atoms with Gasteiger partial charge in [0.15, 0.2) is 0 Å². The number of rotatable bonds is 5. The van der Waals surface area contributed by atoms with Crippen molar-refractivity contribution < 1.29 is 9.53 Å². The smallest absolute Gasteiger partial charge is 0.407 e. The third kappa shape index (κ3) is 4.03. The Balaban J connectivity index is 1.18. The number of alkyl carbamates (subject to hydrolysis) is 1. The van der Waals surface area contributed by atoms with Gasteiger partial charge in [0, 0.05) is 41.3 Å². The Labute approximate surface area is 198 Å². The number of nitrogens with one attached hydrogen (secondary N) is 3. The van der Waals surface area contributed by atoms with Crippen molar-refractivity contribution in [3.63, 3.8) is 0 Å². The molecule has 4 heterocycles. The number of anilines is 2. The summed E-state index contributed by atoms with van der Waals surface area (Å²) in [6.45, 7) is 0.392. The fraction of sp³-hybridized carbons (Fsp3) is 0.208. The van der Waals surface area contributed by atoms with Crippen LogP contribution in [-0.2, 0) is 24.1 Å². The lowest BCUT2D eigenvalue weighted by Gasteiger charge is -2.22. The third-order valence-electron chi connectivity index (χ3n) is 5.94. The molecule has 3 N–H and O–H groups in total. The molecular weight excluding hydrogens is 450 g/mol. The highest BCUT2D eigenvalue weighted by atomic mass is 32.1. The number of aryl methyl sites for hydroxylation is 1. The fourth-order valence-corrected chi connectivity index (χ4v) is 5.55. The summed E-state index contributed by atoms with van der Waals surface area (Å²) >= 11 is 1.64. The van der Waals surface area contributed by atoms with Crippen LogP contribution in [0, 0.1) is 0 Å². The standard InChI is InChI=1S/C24H21N7O2S/c32-24(26-11-14-2-1-7-25-10-14)33-17-4-5-18-20(9-17)34-23-21(18)22(27-13-28-23)30-16-3-6-19-15(8-16)12-29-31-19/h1-3,6-8,10,12-13,17H,4-5,9,11H2,(H,26,32)(H,29,31)(H,27,28,30). The molecule has 170 valence electrons. The monoisotopic (exact) mass is 471 g/mol. The number of H-pyrrole nitrogens is 1. The first-order valence-electron chi connectivity index (χ1n) is 11.0. The lowest BCUT2D eigenvalue weighted by Crippen LogP contribution is -2.31. The number of ether oxygens (including phenoxy) is 1. The molecule has 1 aliphatic rings. The maximum Gasteiger partial charge on any atom is 0.407 e. The number of pyridine rings is 1. The largest absolute Gasteiger partial charge is 0.446 e. The summed E-state index contributed by atoms with van der Waals surface area (Å²) in [6, 6.07) is 9.79. The van der Waals surface area contributed by atoms with Gasteiger partial charge in [-0.2, -0.15) is 5.10 Å². The van der Waals surface area contributed by atoms with Gasteiger partial charge in [0.2, 0.25) is 0 Å². The molecule has 0 fully saturated rings. The van der Waals surface area contributed by atoms with Crippen molar-refractivity contribution >= 4 is 50.1 Å². The van der Waals surface area contributed by atoms with Crippen LogP contribution in [0.4, 0.5) is 16.3 Å². The minimum absolute atomic E-state index is 0.165. The first kappa shape index (κ1) is 20.5. The molecule has 0 saturated carbocycles. The third-order valence-corrected chi connectivity index (χ3v) is 7.10. The molecule has 10 heteroatoms. The van der Waals surface area contributed by atoms with Crippen molar-refractivity contribution in [3.05, 3.63) is 71.3 Å². The molecule has 1 unspecified atom stereocenters. The molecule has 5 aromatic rings. The molecule has 0 spiro atoms. The van der Waals surface area contributed by atoms with Crippen LogP contribution in [-0.4, -0.2) is 37.3 Å². The Kier molecular flexibility index (Phi) is 5.27. The molecule has 1 atom stereocenters. The molecule has 0 radical (unpaired) electrons. The van der Waals surface area contributed by atoms with Crippen LogP contribution in [0.5, 0.6) is 0 Å². The minimum atomic E-state index is -0.407. The first-order chi connectivity index (χ1) is 16.7. The normalized spacial score (nSPS) is 15.2. The number of amides is 1. The lowest BCUT2D eigenvalue weighted by molar-refractivity contribution is 0.0899. The SMILES string of the molecule is O=C(NCc1cccnc1)OC1CCc2c(sc3ncnc(Nc4ccc5[nH]ncc5c4)c23)C1. The number of carbonyl (C=O) groups excluding carboxylic acids is 1. The molecule has 9 nitrogen and oxygen atoms in total. The van der Waals surface area contributed by atoms with Gasteiger partial charge in [0.25, 0.3) is 0 Å². The summed E-state index contributed by atoms with van der Waals surface area (Å²) in [5.74, 6) is 0.791. The predicted octanol–water partition coefficient (Wildman–Crippen LogP) is 4.49. The molecule has 6 rings (SSSR count). The summed E-state index contributed by atoms with van der Waals surface area (Å²) in [5.41, 5.74) is 4.10. The maximum atomic E-state index is 12.3. The zero-order valence-corrected chi connectivity index (χ0v) is 18.9. The van der Waals surface area contributed by atoms with E-state index in [9.17, 15) is 4.79 Å². The van der Waals surface area contributed by atoms with Crippen molar-refractivity contribution in [1.82, 2.24) is 30.5 Å². The summed E-state index contributed by atoms with van der Waals surface area (Å²) in [7, 11) is 0. The number of aromatic amines is 1. The summed E-state index contributed by atoms with van der Waals surface area (Å²) in [4.78, 5) is 27.5. The van der Waals surface area contributed by atoms with E-state index in [1.54, 1.807) is 36.3 Å². The Morgan fingerprint density at radius 3 is 3.12 bits per heavy atom. The average molecular weight is 472 g/mol. The summed E-state index contributed by atoms with van der Waals surface area (Å²) in [6.07, 6.45) is 8.49. The number of aromatic nitrogens is 5. The van der Waals surface area contributed by atoms with E-state index in [0.29, 0.717) is 13.0 Å². The van der Waals surface area contributed by atoms with Gasteiger partial charge in [-0.05, 0) is 48.2 Å². The van der Waals surface area contributed by atoms with Gasteiger partial charge in [-0.3, -0.25) is 10.1 Å². The van der Waals surface area contributed by atoms with E-state index in [0.717, 1.165) is 51.0 Å². The lowest BCUT2D eigenvalue weighted by atomic mass is 9.94. The van der Waals surface area contributed by atoms with Gasteiger partial charge in [-0.1, -0.05) is 6.07 Å². The van der Waals surface area contributed by atoms with Crippen molar-refractivity contribution in [2.45, 2.75) is 31.9 Å². The number of hydrogen-bond acceptors (Lipinski definition) is 8. The topological polar surface area (TPSA) is 118 Å². The van der Waals surface area contributed by atoms with Gasteiger partial charge >= 0.3 is 6.09 Å². The Hall–Kier alpha value is -4.05. The number of benzene rings is 1. The summed E-state index contributed by atoms with van der Waals surface area (Å²) in [5, 5.41) is 15.4. The highest BCUT2D eigenvalue weighted by molar-refractivity contribution is 7.19. The second-order valence-corrected chi connectivity index (χ2v) is 9.27. The predicted molar refractivity (Wildman–Crippen MR) is 130 cm³/mol. The van der Waals surface area contributed by atoms with Crippen LogP contribution in [0.2, 0.25) is 0 Å². The average Bonchev–Trinajstić information content (AvgIpc) is 3.47.